The Hall–Kier alpha value is -1.37. The number of nitrogens with one attached hydrogen (secondary N) is 1. The number of benzene rings is 1. The van der Waals surface area contributed by atoms with Gasteiger partial charge in [-0.15, -0.1) is 12.4 Å². The van der Waals surface area contributed by atoms with E-state index in [9.17, 15) is 4.79 Å². The fraction of sp³-hybridized carbons (Fsp3) is 0.286. The number of carbonyl (C=O) groups is 1. The van der Waals surface area contributed by atoms with Crippen molar-refractivity contribution in [1.29, 1.82) is 0 Å². The summed E-state index contributed by atoms with van der Waals surface area (Å²) in [6.07, 6.45) is 2.79. The van der Waals surface area contributed by atoms with Gasteiger partial charge in [0.05, 0.1) is 12.7 Å². The van der Waals surface area contributed by atoms with Crippen LogP contribution in [-0.4, -0.2) is 22.2 Å². The minimum absolute atomic E-state index is 0. The zero-order chi connectivity index (χ0) is 14.4. The van der Waals surface area contributed by atoms with Crippen LogP contribution in [0.25, 0.3) is 0 Å². The lowest BCUT2D eigenvalue weighted by molar-refractivity contribution is -0.116. The number of nitrogens with zero attached hydrogens (tertiary/aromatic N) is 2. The minimum Gasteiger partial charge on any atom is -0.330 e. The highest BCUT2D eigenvalue weighted by Gasteiger charge is 2.07. The van der Waals surface area contributed by atoms with Gasteiger partial charge in [0, 0.05) is 17.0 Å². The van der Waals surface area contributed by atoms with Gasteiger partial charge in [-0.3, -0.25) is 4.79 Å². The topological polar surface area (TPSA) is 72.9 Å². The number of amides is 1. The molecule has 0 aliphatic carbocycles. The average molecular weight is 374 g/mol. The van der Waals surface area contributed by atoms with Gasteiger partial charge >= 0.3 is 0 Å². The van der Waals surface area contributed by atoms with Crippen molar-refractivity contribution in [2.75, 3.05) is 11.9 Å². The Kier molecular flexibility index (Phi) is 7.42. The van der Waals surface area contributed by atoms with Crippen LogP contribution in [0.15, 0.2) is 41.0 Å². The van der Waals surface area contributed by atoms with E-state index in [1.807, 2.05) is 24.3 Å². The van der Waals surface area contributed by atoms with Crippen LogP contribution >= 0.6 is 28.3 Å². The van der Waals surface area contributed by atoms with Crippen LogP contribution in [0.3, 0.4) is 0 Å². The van der Waals surface area contributed by atoms with Gasteiger partial charge in [0.25, 0.3) is 0 Å². The second kappa shape index (κ2) is 8.81. The first-order valence-corrected chi connectivity index (χ1v) is 7.24. The standard InChI is InChI=1S/C14H17BrN4O.ClH/c15-12-4-1-3-11(9-12)10-19-13(6-8-17-19)18-14(20)5-2-7-16;/h1,3-4,6,8-9H,2,5,7,10,16H2,(H,18,20);1H. The van der Waals surface area contributed by atoms with Gasteiger partial charge in [-0.25, -0.2) is 4.68 Å². The highest BCUT2D eigenvalue weighted by Crippen LogP contribution is 2.15. The summed E-state index contributed by atoms with van der Waals surface area (Å²) in [4.78, 5) is 11.7. The fourth-order valence-electron chi connectivity index (χ4n) is 1.84. The van der Waals surface area contributed by atoms with E-state index in [2.05, 4.69) is 26.3 Å². The molecule has 0 fully saturated rings. The van der Waals surface area contributed by atoms with Crippen molar-refractivity contribution in [3.63, 3.8) is 0 Å². The smallest absolute Gasteiger partial charge is 0.225 e. The number of aromatic nitrogens is 2. The highest BCUT2D eigenvalue weighted by molar-refractivity contribution is 9.10. The molecule has 0 unspecified atom stereocenters. The molecule has 2 rings (SSSR count). The first-order valence-electron chi connectivity index (χ1n) is 6.45. The van der Waals surface area contributed by atoms with E-state index in [4.69, 9.17) is 5.73 Å². The number of anilines is 1. The van der Waals surface area contributed by atoms with Gasteiger partial charge in [0.2, 0.25) is 5.91 Å². The molecule has 0 radical (unpaired) electrons. The maximum absolute atomic E-state index is 11.7. The predicted octanol–water partition coefficient (Wildman–Crippen LogP) is 2.79. The van der Waals surface area contributed by atoms with Gasteiger partial charge in [-0.05, 0) is 30.7 Å². The molecule has 0 aliphatic rings. The summed E-state index contributed by atoms with van der Waals surface area (Å²) in [6.45, 7) is 1.13. The number of rotatable bonds is 6. The van der Waals surface area contributed by atoms with Crippen LogP contribution in [0, 0.1) is 0 Å². The van der Waals surface area contributed by atoms with Crippen molar-refractivity contribution >= 4 is 40.1 Å². The molecule has 5 nitrogen and oxygen atoms in total. The minimum atomic E-state index is -0.0357. The van der Waals surface area contributed by atoms with Gasteiger partial charge in [-0.2, -0.15) is 5.10 Å². The van der Waals surface area contributed by atoms with Crippen LogP contribution in [0.4, 0.5) is 5.82 Å². The molecule has 1 aromatic carbocycles. The molecular weight excluding hydrogens is 356 g/mol. The molecule has 1 heterocycles. The lowest BCUT2D eigenvalue weighted by atomic mass is 10.2. The molecule has 0 bridgehead atoms. The summed E-state index contributed by atoms with van der Waals surface area (Å²) < 4.78 is 2.79. The van der Waals surface area contributed by atoms with Crippen molar-refractivity contribution < 1.29 is 4.79 Å². The molecule has 1 aromatic heterocycles. The number of hydrogen-bond donors (Lipinski definition) is 2. The summed E-state index contributed by atoms with van der Waals surface area (Å²) in [6, 6.07) is 9.79. The normalized spacial score (nSPS) is 10.0. The predicted molar refractivity (Wildman–Crippen MR) is 89.6 cm³/mol. The average Bonchev–Trinajstić information content (AvgIpc) is 2.83. The second-order valence-corrected chi connectivity index (χ2v) is 5.36. The first-order chi connectivity index (χ1) is 9.69. The molecule has 0 aliphatic heterocycles. The quantitative estimate of drug-likeness (QED) is 0.818. The first kappa shape index (κ1) is 17.7. The van der Waals surface area contributed by atoms with Gasteiger partial charge in [-0.1, -0.05) is 28.1 Å². The lowest BCUT2D eigenvalue weighted by Crippen LogP contribution is -2.17. The molecule has 114 valence electrons. The van der Waals surface area contributed by atoms with Gasteiger partial charge in [0.1, 0.15) is 5.82 Å². The molecule has 0 saturated heterocycles. The van der Waals surface area contributed by atoms with Crippen LogP contribution in [0.2, 0.25) is 0 Å². The van der Waals surface area contributed by atoms with Crippen molar-refractivity contribution in [2.45, 2.75) is 19.4 Å². The van der Waals surface area contributed by atoms with Crippen LogP contribution < -0.4 is 11.1 Å². The number of nitrogens with two attached hydrogens (primary N) is 1. The summed E-state index contributed by atoms with van der Waals surface area (Å²) in [5, 5.41) is 7.09. The maximum atomic E-state index is 11.7. The zero-order valence-electron chi connectivity index (χ0n) is 11.5. The summed E-state index contributed by atoms with van der Waals surface area (Å²) in [5.74, 6) is 0.665. The van der Waals surface area contributed by atoms with E-state index in [0.717, 1.165) is 10.0 Å². The molecule has 0 spiro atoms. The third-order valence-corrected chi connectivity index (χ3v) is 3.31. The summed E-state index contributed by atoms with van der Waals surface area (Å²) >= 11 is 3.44. The monoisotopic (exact) mass is 372 g/mol. The van der Waals surface area contributed by atoms with E-state index < -0.39 is 0 Å². The Balaban J connectivity index is 0.00000220. The number of halogens is 2. The van der Waals surface area contributed by atoms with Crippen molar-refractivity contribution in [2.24, 2.45) is 5.73 Å². The highest BCUT2D eigenvalue weighted by atomic mass is 79.9. The van der Waals surface area contributed by atoms with E-state index in [-0.39, 0.29) is 18.3 Å². The molecule has 7 heteroatoms. The van der Waals surface area contributed by atoms with Gasteiger partial charge < -0.3 is 11.1 Å². The molecule has 0 atom stereocenters. The third kappa shape index (κ3) is 5.49. The molecule has 1 amide bonds. The zero-order valence-corrected chi connectivity index (χ0v) is 13.9. The molecular formula is C14H18BrClN4O. The summed E-state index contributed by atoms with van der Waals surface area (Å²) in [7, 11) is 0. The van der Waals surface area contributed by atoms with E-state index in [1.54, 1.807) is 16.9 Å². The largest absolute Gasteiger partial charge is 0.330 e. The summed E-state index contributed by atoms with van der Waals surface area (Å²) in [5.41, 5.74) is 6.51. The molecule has 3 N–H and O–H groups in total. The molecule has 21 heavy (non-hydrogen) atoms. The lowest BCUT2D eigenvalue weighted by Gasteiger charge is -2.09. The SMILES string of the molecule is Cl.NCCCC(=O)Nc1ccnn1Cc1cccc(Br)c1. The van der Waals surface area contributed by atoms with E-state index in [0.29, 0.717) is 31.7 Å². The van der Waals surface area contributed by atoms with E-state index in [1.165, 1.54) is 0 Å². The molecule has 2 aromatic rings. The Morgan fingerprint density at radius 3 is 2.90 bits per heavy atom. The van der Waals surface area contributed by atoms with E-state index >= 15 is 0 Å². The van der Waals surface area contributed by atoms with Crippen molar-refractivity contribution in [1.82, 2.24) is 9.78 Å². The Morgan fingerprint density at radius 1 is 1.38 bits per heavy atom. The molecule has 0 saturated carbocycles. The maximum Gasteiger partial charge on any atom is 0.225 e. The van der Waals surface area contributed by atoms with Crippen LogP contribution in [-0.2, 0) is 11.3 Å². The fourth-order valence-corrected chi connectivity index (χ4v) is 2.29. The van der Waals surface area contributed by atoms with Gasteiger partial charge in [0.15, 0.2) is 0 Å². The Bertz CT molecular complexity index is 588. The van der Waals surface area contributed by atoms with Crippen molar-refractivity contribution in [3.05, 3.63) is 46.6 Å². The third-order valence-electron chi connectivity index (χ3n) is 2.81. The number of hydrogen-bond acceptors (Lipinski definition) is 3. The van der Waals surface area contributed by atoms with Crippen LogP contribution in [0.5, 0.6) is 0 Å². The second-order valence-electron chi connectivity index (χ2n) is 4.44. The van der Waals surface area contributed by atoms with Crippen molar-refractivity contribution in [3.8, 4) is 0 Å². The number of carbonyl (C=O) groups excluding carboxylic acids is 1. The van der Waals surface area contributed by atoms with Crippen LogP contribution in [0.1, 0.15) is 18.4 Å². The Morgan fingerprint density at radius 2 is 2.19 bits per heavy atom. The Labute approximate surface area is 138 Å².